The van der Waals surface area contributed by atoms with Gasteiger partial charge in [0.15, 0.2) is 0 Å². The third-order valence-corrected chi connectivity index (χ3v) is 5.99. The molecule has 34 heavy (non-hydrogen) atoms. The van der Waals surface area contributed by atoms with Gasteiger partial charge in [-0.3, -0.25) is 9.78 Å². The first kappa shape index (κ1) is 25.2. The van der Waals surface area contributed by atoms with Crippen LogP contribution >= 0.6 is 11.3 Å². The summed E-state index contributed by atoms with van der Waals surface area (Å²) in [6.07, 6.45) is 3.27. The van der Waals surface area contributed by atoms with Crippen molar-refractivity contribution in [1.29, 1.82) is 0 Å². The first-order valence-electron chi connectivity index (χ1n) is 11.2. The van der Waals surface area contributed by atoms with E-state index >= 15 is 0 Å². The molecule has 0 bridgehead atoms. The van der Waals surface area contributed by atoms with Crippen LogP contribution in [-0.4, -0.2) is 60.5 Å². The molecule has 0 saturated carbocycles. The van der Waals surface area contributed by atoms with Gasteiger partial charge in [0.1, 0.15) is 5.69 Å². The van der Waals surface area contributed by atoms with E-state index in [-0.39, 0.29) is 11.9 Å². The topological polar surface area (TPSA) is 104 Å². The molecule has 0 aliphatic rings. The molecule has 0 atom stereocenters. The number of anilines is 2. The Hall–Kier alpha value is -3.43. The SMILES string of the molecule is CN(C)CCCN(Cc1ccc(C(=O)Nc2cscc2N)nc1)C(=O)NCCc1ccccc1. The first-order valence-corrected chi connectivity index (χ1v) is 12.2. The van der Waals surface area contributed by atoms with Gasteiger partial charge in [0.2, 0.25) is 0 Å². The van der Waals surface area contributed by atoms with Crippen LogP contribution in [0.25, 0.3) is 0 Å². The molecule has 0 unspecified atom stereocenters. The molecule has 0 spiro atoms. The number of pyridine rings is 1. The van der Waals surface area contributed by atoms with E-state index in [4.69, 9.17) is 5.73 Å². The van der Waals surface area contributed by atoms with Crippen molar-refractivity contribution in [3.8, 4) is 0 Å². The van der Waals surface area contributed by atoms with Gasteiger partial charge in [-0.05, 0) is 50.7 Å². The maximum Gasteiger partial charge on any atom is 0.317 e. The number of aromatic nitrogens is 1. The average molecular weight is 481 g/mol. The van der Waals surface area contributed by atoms with Crippen LogP contribution < -0.4 is 16.4 Å². The fourth-order valence-corrected chi connectivity index (χ4v) is 4.04. The van der Waals surface area contributed by atoms with Crippen LogP contribution in [0.15, 0.2) is 59.4 Å². The van der Waals surface area contributed by atoms with Crippen LogP contribution in [0.2, 0.25) is 0 Å². The summed E-state index contributed by atoms with van der Waals surface area (Å²) in [7, 11) is 4.03. The van der Waals surface area contributed by atoms with E-state index in [9.17, 15) is 9.59 Å². The second-order valence-electron chi connectivity index (χ2n) is 8.29. The zero-order valence-corrected chi connectivity index (χ0v) is 20.5. The highest BCUT2D eigenvalue weighted by Crippen LogP contribution is 2.23. The molecular formula is C25H32N6O2S. The maximum absolute atomic E-state index is 12.9. The van der Waals surface area contributed by atoms with Crippen molar-refractivity contribution in [3.63, 3.8) is 0 Å². The molecule has 2 heterocycles. The number of thiophene rings is 1. The third kappa shape index (κ3) is 7.86. The van der Waals surface area contributed by atoms with Gasteiger partial charge in [0, 0.05) is 36.6 Å². The van der Waals surface area contributed by atoms with E-state index < -0.39 is 0 Å². The molecule has 3 aromatic rings. The van der Waals surface area contributed by atoms with Gasteiger partial charge < -0.3 is 26.2 Å². The van der Waals surface area contributed by atoms with Crippen molar-refractivity contribution in [3.05, 3.63) is 76.2 Å². The van der Waals surface area contributed by atoms with Crippen molar-refractivity contribution in [2.75, 3.05) is 44.8 Å². The molecule has 0 radical (unpaired) electrons. The van der Waals surface area contributed by atoms with Gasteiger partial charge in [0.25, 0.3) is 5.91 Å². The lowest BCUT2D eigenvalue weighted by Crippen LogP contribution is -2.41. The predicted molar refractivity (Wildman–Crippen MR) is 138 cm³/mol. The van der Waals surface area contributed by atoms with Gasteiger partial charge >= 0.3 is 6.03 Å². The van der Waals surface area contributed by atoms with Crippen LogP contribution in [0.3, 0.4) is 0 Å². The number of nitrogens with zero attached hydrogens (tertiary/aromatic N) is 3. The Morgan fingerprint density at radius 1 is 1.03 bits per heavy atom. The second kappa shape index (κ2) is 12.7. The largest absolute Gasteiger partial charge is 0.396 e. The quantitative estimate of drug-likeness (QED) is 0.388. The number of carbonyl (C=O) groups is 2. The standard InChI is InChI=1S/C25H32N6O2S/c1-30(2)13-6-14-31(25(33)27-12-11-19-7-4-3-5-8-19)16-20-9-10-22(28-15-20)24(32)29-23-18-34-17-21(23)26/h3-5,7-10,15,17-18H,6,11-14,16,26H2,1-2H3,(H,27,33)(H,29,32). The Kier molecular flexibility index (Phi) is 9.42. The molecule has 3 amide bonds. The second-order valence-corrected chi connectivity index (χ2v) is 9.04. The fourth-order valence-electron chi connectivity index (χ4n) is 3.37. The number of rotatable bonds is 11. The fraction of sp³-hybridized carbons (Fsp3) is 0.320. The minimum absolute atomic E-state index is 0.107. The van der Waals surface area contributed by atoms with Crippen molar-refractivity contribution in [1.82, 2.24) is 20.1 Å². The zero-order valence-electron chi connectivity index (χ0n) is 19.7. The Labute approximate surface area is 204 Å². The molecule has 9 heteroatoms. The number of amides is 3. The minimum Gasteiger partial charge on any atom is -0.396 e. The van der Waals surface area contributed by atoms with Crippen LogP contribution in [0.1, 0.15) is 28.0 Å². The third-order valence-electron chi connectivity index (χ3n) is 5.22. The van der Waals surface area contributed by atoms with Gasteiger partial charge in [-0.1, -0.05) is 36.4 Å². The van der Waals surface area contributed by atoms with Crippen molar-refractivity contribution >= 4 is 34.6 Å². The van der Waals surface area contributed by atoms with Crippen LogP contribution in [-0.2, 0) is 13.0 Å². The van der Waals surface area contributed by atoms with E-state index in [1.807, 2.05) is 38.4 Å². The lowest BCUT2D eigenvalue weighted by Gasteiger charge is -2.24. The maximum atomic E-state index is 12.9. The molecule has 2 aromatic heterocycles. The molecule has 1 aromatic carbocycles. The molecule has 0 saturated heterocycles. The van der Waals surface area contributed by atoms with Gasteiger partial charge in [-0.25, -0.2) is 4.79 Å². The van der Waals surface area contributed by atoms with Crippen LogP contribution in [0.4, 0.5) is 16.2 Å². The summed E-state index contributed by atoms with van der Waals surface area (Å²) in [5.74, 6) is -0.321. The lowest BCUT2D eigenvalue weighted by molar-refractivity contribution is 0.102. The summed E-state index contributed by atoms with van der Waals surface area (Å²) in [6, 6.07) is 13.5. The highest BCUT2D eigenvalue weighted by Gasteiger charge is 2.15. The molecule has 0 fully saturated rings. The van der Waals surface area contributed by atoms with E-state index in [1.165, 1.54) is 16.9 Å². The van der Waals surface area contributed by atoms with Gasteiger partial charge in [-0.2, -0.15) is 0 Å². The van der Waals surface area contributed by atoms with Crippen LogP contribution in [0.5, 0.6) is 0 Å². The highest BCUT2D eigenvalue weighted by atomic mass is 32.1. The molecule has 0 aliphatic carbocycles. The molecule has 0 aliphatic heterocycles. The van der Waals surface area contributed by atoms with E-state index in [0.29, 0.717) is 36.7 Å². The molecule has 3 rings (SSSR count). The number of carbonyl (C=O) groups excluding carboxylic acids is 2. The van der Waals surface area contributed by atoms with Gasteiger partial charge in [-0.15, -0.1) is 11.3 Å². The summed E-state index contributed by atoms with van der Waals surface area (Å²) >= 11 is 1.42. The summed E-state index contributed by atoms with van der Waals surface area (Å²) in [6.45, 7) is 2.49. The molecular weight excluding hydrogens is 448 g/mol. The number of urea groups is 1. The number of nitrogen functional groups attached to an aromatic ring is 1. The molecule has 8 nitrogen and oxygen atoms in total. The number of nitrogens with two attached hydrogens (primary N) is 1. The Morgan fingerprint density at radius 3 is 2.47 bits per heavy atom. The first-order chi connectivity index (χ1) is 16.4. The Bertz CT molecular complexity index is 1050. The zero-order chi connectivity index (χ0) is 24.3. The van der Waals surface area contributed by atoms with E-state index in [2.05, 4.69) is 32.7 Å². The smallest absolute Gasteiger partial charge is 0.317 e. The van der Waals surface area contributed by atoms with Crippen molar-refractivity contribution < 1.29 is 9.59 Å². The monoisotopic (exact) mass is 480 g/mol. The van der Waals surface area contributed by atoms with E-state index in [1.54, 1.807) is 27.9 Å². The van der Waals surface area contributed by atoms with Crippen molar-refractivity contribution in [2.24, 2.45) is 0 Å². The number of hydrogen-bond acceptors (Lipinski definition) is 6. The molecule has 4 N–H and O–H groups in total. The Morgan fingerprint density at radius 2 is 1.82 bits per heavy atom. The Balaban J connectivity index is 1.58. The predicted octanol–water partition coefficient (Wildman–Crippen LogP) is 3.68. The summed E-state index contributed by atoms with van der Waals surface area (Å²) < 4.78 is 0. The minimum atomic E-state index is -0.321. The summed E-state index contributed by atoms with van der Waals surface area (Å²) in [5.41, 5.74) is 9.28. The average Bonchev–Trinajstić information content (AvgIpc) is 3.23. The lowest BCUT2D eigenvalue weighted by atomic mass is 10.1. The molecule has 180 valence electrons. The van der Waals surface area contributed by atoms with E-state index in [0.717, 1.165) is 24.9 Å². The highest BCUT2D eigenvalue weighted by molar-refractivity contribution is 7.09. The van der Waals surface area contributed by atoms with Crippen LogP contribution in [0, 0.1) is 0 Å². The summed E-state index contributed by atoms with van der Waals surface area (Å²) in [4.78, 5) is 33.5. The summed E-state index contributed by atoms with van der Waals surface area (Å²) in [5, 5.41) is 9.34. The number of benzene rings is 1. The van der Waals surface area contributed by atoms with Gasteiger partial charge in [0.05, 0.1) is 11.4 Å². The number of hydrogen-bond donors (Lipinski definition) is 3. The van der Waals surface area contributed by atoms with Crippen molar-refractivity contribution in [2.45, 2.75) is 19.4 Å². The normalized spacial score (nSPS) is 10.8. The number of nitrogens with one attached hydrogen (secondary N) is 2.